The molecule has 0 heterocycles. The van der Waals surface area contributed by atoms with Gasteiger partial charge in [0, 0.05) is 18.5 Å². The molecule has 1 rings (SSSR count). The van der Waals surface area contributed by atoms with Crippen LogP contribution in [0.5, 0.6) is 0 Å². The Labute approximate surface area is 120 Å². The van der Waals surface area contributed by atoms with Crippen LogP contribution >= 0.6 is 0 Å². The summed E-state index contributed by atoms with van der Waals surface area (Å²) in [5, 5.41) is 15.9. The molecule has 2 N–H and O–H groups in total. The molecule has 21 heavy (non-hydrogen) atoms. The molecule has 0 aliphatic rings. The normalized spacial score (nSPS) is 10.7. The van der Waals surface area contributed by atoms with Crippen molar-refractivity contribution in [1.82, 2.24) is 5.32 Å². The summed E-state index contributed by atoms with van der Waals surface area (Å²) in [6, 6.07) is 1.74. The van der Waals surface area contributed by atoms with E-state index in [9.17, 15) is 23.7 Å². The van der Waals surface area contributed by atoms with Crippen LogP contribution in [0, 0.1) is 21.7 Å². The molecule has 116 valence electrons. The molecular weight excluding hydrogens is 284 g/mol. The van der Waals surface area contributed by atoms with E-state index in [1.54, 1.807) is 0 Å². The van der Waals surface area contributed by atoms with Gasteiger partial charge in [-0.15, -0.1) is 0 Å². The van der Waals surface area contributed by atoms with E-state index in [0.29, 0.717) is 19.0 Å². The molecule has 0 aromatic heterocycles. The summed E-state index contributed by atoms with van der Waals surface area (Å²) < 4.78 is 26.7. The first-order valence-corrected chi connectivity index (χ1v) is 6.48. The first-order chi connectivity index (χ1) is 9.82. The highest BCUT2D eigenvalue weighted by atomic mass is 19.2. The van der Waals surface area contributed by atoms with Gasteiger partial charge in [0.25, 0.3) is 5.69 Å². The quantitative estimate of drug-likeness (QED) is 0.460. The van der Waals surface area contributed by atoms with Gasteiger partial charge >= 0.3 is 0 Å². The molecule has 0 atom stereocenters. The zero-order valence-corrected chi connectivity index (χ0v) is 11.8. The Morgan fingerprint density at radius 2 is 2.05 bits per heavy atom. The number of nitro groups is 1. The summed E-state index contributed by atoms with van der Waals surface area (Å²) >= 11 is 0. The van der Waals surface area contributed by atoms with Gasteiger partial charge in [0.05, 0.1) is 4.92 Å². The van der Waals surface area contributed by atoms with Crippen LogP contribution in [-0.2, 0) is 4.79 Å². The Balaban J connectivity index is 2.71. The van der Waals surface area contributed by atoms with E-state index in [2.05, 4.69) is 10.6 Å². The molecular formula is C13H17F2N3O3. The Bertz CT molecular complexity index is 536. The lowest BCUT2D eigenvalue weighted by Gasteiger charge is -2.09. The Kier molecular flexibility index (Phi) is 6.16. The molecule has 0 bridgehead atoms. The molecule has 0 aliphatic carbocycles. The number of anilines is 1. The van der Waals surface area contributed by atoms with Gasteiger partial charge in [-0.1, -0.05) is 13.8 Å². The van der Waals surface area contributed by atoms with E-state index in [4.69, 9.17) is 0 Å². The maximum absolute atomic E-state index is 13.6. The second-order valence-electron chi connectivity index (χ2n) is 4.77. The van der Waals surface area contributed by atoms with Gasteiger partial charge in [0.2, 0.25) is 5.91 Å². The van der Waals surface area contributed by atoms with E-state index in [1.165, 1.54) is 0 Å². The van der Waals surface area contributed by atoms with Crippen LogP contribution in [-0.4, -0.2) is 23.4 Å². The molecule has 6 nitrogen and oxygen atoms in total. The van der Waals surface area contributed by atoms with Gasteiger partial charge in [-0.3, -0.25) is 14.9 Å². The van der Waals surface area contributed by atoms with Crippen molar-refractivity contribution in [3.63, 3.8) is 0 Å². The van der Waals surface area contributed by atoms with Crippen LogP contribution in [0.15, 0.2) is 12.1 Å². The van der Waals surface area contributed by atoms with E-state index in [1.807, 2.05) is 13.8 Å². The Morgan fingerprint density at radius 1 is 1.38 bits per heavy atom. The lowest BCUT2D eigenvalue weighted by Crippen LogP contribution is -2.25. The van der Waals surface area contributed by atoms with Gasteiger partial charge in [0.1, 0.15) is 0 Å². The number of hydrogen-bond acceptors (Lipinski definition) is 4. The SMILES string of the molecule is CC(C)NCCCC(=O)Nc1c([N+](=O)[O-])ccc(F)c1F. The van der Waals surface area contributed by atoms with Crippen LogP contribution < -0.4 is 10.6 Å². The number of rotatable bonds is 7. The van der Waals surface area contributed by atoms with Crippen molar-refractivity contribution in [1.29, 1.82) is 0 Å². The molecule has 1 aromatic rings. The van der Waals surface area contributed by atoms with E-state index in [-0.39, 0.29) is 12.5 Å². The fourth-order valence-corrected chi connectivity index (χ4v) is 1.65. The third-order valence-electron chi connectivity index (χ3n) is 2.67. The van der Waals surface area contributed by atoms with Crippen molar-refractivity contribution < 1.29 is 18.5 Å². The summed E-state index contributed by atoms with van der Waals surface area (Å²) in [6.07, 6.45) is 0.529. The summed E-state index contributed by atoms with van der Waals surface area (Å²) in [4.78, 5) is 21.5. The molecule has 0 fully saturated rings. The predicted molar refractivity (Wildman–Crippen MR) is 74.0 cm³/mol. The summed E-state index contributed by atoms with van der Waals surface area (Å²) in [5.41, 5.74) is -1.41. The molecule has 1 aromatic carbocycles. The molecule has 8 heteroatoms. The molecule has 0 saturated carbocycles. The number of carbonyl (C=O) groups excluding carboxylic acids is 1. The van der Waals surface area contributed by atoms with Crippen molar-refractivity contribution in [3.8, 4) is 0 Å². The van der Waals surface area contributed by atoms with Crippen molar-refractivity contribution >= 4 is 17.3 Å². The minimum atomic E-state index is -1.43. The number of halogens is 2. The highest BCUT2D eigenvalue weighted by Gasteiger charge is 2.23. The number of nitro benzene ring substituents is 1. The average Bonchev–Trinajstić information content (AvgIpc) is 2.39. The third-order valence-corrected chi connectivity index (χ3v) is 2.67. The van der Waals surface area contributed by atoms with Crippen molar-refractivity contribution in [2.24, 2.45) is 0 Å². The number of amides is 1. The minimum absolute atomic E-state index is 0.0484. The summed E-state index contributed by atoms with van der Waals surface area (Å²) in [7, 11) is 0. The van der Waals surface area contributed by atoms with Crippen LogP contribution in [0.1, 0.15) is 26.7 Å². The van der Waals surface area contributed by atoms with E-state index >= 15 is 0 Å². The molecule has 0 aliphatic heterocycles. The second-order valence-corrected chi connectivity index (χ2v) is 4.77. The van der Waals surface area contributed by atoms with Crippen LogP contribution in [0.2, 0.25) is 0 Å². The summed E-state index contributed by atoms with van der Waals surface area (Å²) in [5.74, 6) is -3.29. The van der Waals surface area contributed by atoms with E-state index in [0.717, 1.165) is 6.07 Å². The average molecular weight is 301 g/mol. The van der Waals surface area contributed by atoms with Gasteiger partial charge in [0.15, 0.2) is 17.3 Å². The number of nitrogens with one attached hydrogen (secondary N) is 2. The summed E-state index contributed by atoms with van der Waals surface area (Å²) in [6.45, 7) is 4.48. The van der Waals surface area contributed by atoms with Crippen LogP contribution in [0.4, 0.5) is 20.2 Å². The van der Waals surface area contributed by atoms with Gasteiger partial charge in [-0.05, 0) is 19.0 Å². The molecule has 0 unspecified atom stereocenters. The number of carbonyl (C=O) groups is 1. The van der Waals surface area contributed by atoms with E-state index < -0.39 is 33.8 Å². The molecule has 0 saturated heterocycles. The second kappa shape index (κ2) is 7.63. The topological polar surface area (TPSA) is 84.3 Å². The monoisotopic (exact) mass is 301 g/mol. The zero-order valence-electron chi connectivity index (χ0n) is 11.8. The van der Waals surface area contributed by atoms with Crippen molar-refractivity contribution in [2.75, 3.05) is 11.9 Å². The van der Waals surface area contributed by atoms with Gasteiger partial charge < -0.3 is 10.6 Å². The van der Waals surface area contributed by atoms with Crippen LogP contribution in [0.25, 0.3) is 0 Å². The van der Waals surface area contributed by atoms with Crippen molar-refractivity contribution in [3.05, 3.63) is 33.9 Å². The highest BCUT2D eigenvalue weighted by molar-refractivity contribution is 5.93. The third kappa shape index (κ3) is 5.07. The molecule has 1 amide bonds. The standard InChI is InChI=1S/C13H17F2N3O3/c1-8(2)16-7-3-4-11(19)17-13-10(18(20)21)6-5-9(14)12(13)15/h5-6,8,16H,3-4,7H2,1-2H3,(H,17,19). The minimum Gasteiger partial charge on any atom is -0.318 e. The smallest absolute Gasteiger partial charge is 0.296 e. The fraction of sp³-hybridized carbons (Fsp3) is 0.462. The maximum atomic E-state index is 13.6. The lowest BCUT2D eigenvalue weighted by atomic mass is 10.2. The van der Waals surface area contributed by atoms with Gasteiger partial charge in [-0.25, -0.2) is 8.78 Å². The Morgan fingerprint density at radius 3 is 2.62 bits per heavy atom. The maximum Gasteiger partial charge on any atom is 0.296 e. The van der Waals surface area contributed by atoms with Crippen molar-refractivity contribution in [2.45, 2.75) is 32.7 Å². The number of hydrogen-bond donors (Lipinski definition) is 2. The number of benzene rings is 1. The molecule has 0 spiro atoms. The van der Waals surface area contributed by atoms with Gasteiger partial charge in [-0.2, -0.15) is 0 Å². The predicted octanol–water partition coefficient (Wildman–Crippen LogP) is 2.59. The number of nitrogens with zero attached hydrogens (tertiary/aromatic N) is 1. The highest BCUT2D eigenvalue weighted by Crippen LogP contribution is 2.29. The molecule has 0 radical (unpaired) electrons. The largest absolute Gasteiger partial charge is 0.318 e. The lowest BCUT2D eigenvalue weighted by molar-refractivity contribution is -0.384. The zero-order chi connectivity index (χ0) is 16.0. The fourth-order valence-electron chi connectivity index (χ4n) is 1.65. The first-order valence-electron chi connectivity index (χ1n) is 6.48. The Hall–Kier alpha value is -2.09. The first kappa shape index (κ1) is 17.0. The van der Waals surface area contributed by atoms with Crippen LogP contribution in [0.3, 0.4) is 0 Å².